The largest absolute Gasteiger partial charge is 0.466 e. The number of fused-ring (bicyclic) bond motifs is 1. The van der Waals surface area contributed by atoms with Gasteiger partial charge in [0.1, 0.15) is 0 Å². The molecule has 1 aromatic heterocycles. The van der Waals surface area contributed by atoms with Crippen LogP contribution in [-0.2, 0) is 16.0 Å². The Bertz CT molecular complexity index is 886. The Labute approximate surface area is 148 Å². The first-order valence-corrected chi connectivity index (χ1v) is 8.40. The zero-order valence-corrected chi connectivity index (χ0v) is 14.8. The Kier molecular flexibility index (Phi) is 4.98. The third-order valence-corrected chi connectivity index (χ3v) is 4.19. The van der Waals surface area contributed by atoms with Crippen molar-refractivity contribution in [1.82, 2.24) is 4.98 Å². The quantitative estimate of drug-likeness (QED) is 0.660. The number of pyridine rings is 1. The molecule has 2 aromatic carbocycles. The number of hydrogen-bond donors (Lipinski definition) is 0. The van der Waals surface area contributed by atoms with Gasteiger partial charge in [0.05, 0.1) is 18.7 Å². The minimum absolute atomic E-state index is 0.205. The number of rotatable bonds is 5. The molecule has 4 nitrogen and oxygen atoms in total. The van der Waals surface area contributed by atoms with E-state index in [0.29, 0.717) is 6.61 Å². The van der Waals surface area contributed by atoms with Crippen molar-refractivity contribution in [1.29, 1.82) is 0 Å². The number of benzene rings is 2. The Morgan fingerprint density at radius 1 is 1.04 bits per heavy atom. The molecule has 0 atom stereocenters. The van der Waals surface area contributed by atoms with E-state index in [2.05, 4.69) is 34.1 Å². The predicted octanol–water partition coefficient (Wildman–Crippen LogP) is 4.07. The predicted molar refractivity (Wildman–Crippen MR) is 102 cm³/mol. The number of nitrogens with zero attached hydrogens (tertiary/aromatic N) is 2. The number of carbonyl (C=O) groups is 1. The van der Waals surface area contributed by atoms with Gasteiger partial charge >= 0.3 is 5.97 Å². The Balaban J connectivity index is 2.04. The molecule has 3 aromatic rings. The summed E-state index contributed by atoms with van der Waals surface area (Å²) in [5, 5.41) is 2.08. The molecule has 0 bridgehead atoms. The molecule has 0 aliphatic heterocycles. The highest BCUT2D eigenvalue weighted by atomic mass is 16.5. The van der Waals surface area contributed by atoms with Gasteiger partial charge in [-0.3, -0.25) is 9.78 Å². The van der Waals surface area contributed by atoms with E-state index in [1.807, 2.05) is 45.3 Å². The fourth-order valence-corrected chi connectivity index (χ4v) is 2.94. The lowest BCUT2D eigenvalue weighted by Crippen LogP contribution is -2.08. The van der Waals surface area contributed by atoms with Gasteiger partial charge in [-0.05, 0) is 36.1 Å². The summed E-state index contributed by atoms with van der Waals surface area (Å²) in [6.45, 7) is 2.22. The fraction of sp³-hybridized carbons (Fsp3) is 0.238. The van der Waals surface area contributed by atoms with E-state index in [-0.39, 0.29) is 12.4 Å². The van der Waals surface area contributed by atoms with E-state index in [0.717, 1.165) is 33.3 Å². The van der Waals surface area contributed by atoms with Gasteiger partial charge < -0.3 is 9.64 Å². The van der Waals surface area contributed by atoms with Crippen molar-refractivity contribution < 1.29 is 9.53 Å². The van der Waals surface area contributed by atoms with E-state index >= 15 is 0 Å². The minimum Gasteiger partial charge on any atom is -0.466 e. The van der Waals surface area contributed by atoms with Gasteiger partial charge in [-0.25, -0.2) is 0 Å². The monoisotopic (exact) mass is 334 g/mol. The number of anilines is 1. The molecule has 0 fully saturated rings. The lowest BCUT2D eigenvalue weighted by molar-refractivity contribution is -0.142. The van der Waals surface area contributed by atoms with Crippen LogP contribution in [0.3, 0.4) is 0 Å². The molecule has 25 heavy (non-hydrogen) atoms. The van der Waals surface area contributed by atoms with Crippen LogP contribution < -0.4 is 4.90 Å². The van der Waals surface area contributed by atoms with Crippen LogP contribution in [0, 0.1) is 0 Å². The molecular formula is C21H22N2O2. The zero-order chi connectivity index (χ0) is 17.8. The van der Waals surface area contributed by atoms with Crippen LogP contribution in [0.15, 0.2) is 54.7 Å². The molecule has 0 amide bonds. The van der Waals surface area contributed by atoms with Gasteiger partial charge in [-0.1, -0.05) is 30.3 Å². The summed E-state index contributed by atoms with van der Waals surface area (Å²) < 4.78 is 5.09. The van der Waals surface area contributed by atoms with Gasteiger partial charge in [0.15, 0.2) is 0 Å². The van der Waals surface area contributed by atoms with Crippen LogP contribution in [0.2, 0.25) is 0 Å². The lowest BCUT2D eigenvalue weighted by Gasteiger charge is -2.13. The summed E-state index contributed by atoms with van der Waals surface area (Å²) in [7, 11) is 4.04. The van der Waals surface area contributed by atoms with E-state index in [1.165, 1.54) is 0 Å². The van der Waals surface area contributed by atoms with Gasteiger partial charge in [0, 0.05) is 36.9 Å². The SMILES string of the molecule is CCOC(=O)Cc1cccc2c(-c3ccc(N(C)C)cc3)nccc12. The lowest BCUT2D eigenvalue weighted by atomic mass is 9.99. The molecule has 0 spiro atoms. The van der Waals surface area contributed by atoms with Gasteiger partial charge in [-0.2, -0.15) is 0 Å². The fourth-order valence-electron chi connectivity index (χ4n) is 2.94. The van der Waals surface area contributed by atoms with Crippen LogP contribution in [-0.4, -0.2) is 31.7 Å². The first-order valence-electron chi connectivity index (χ1n) is 8.40. The molecule has 0 N–H and O–H groups in total. The number of esters is 1. The minimum atomic E-state index is -0.205. The highest BCUT2D eigenvalue weighted by Crippen LogP contribution is 2.29. The maximum atomic E-state index is 11.9. The van der Waals surface area contributed by atoms with E-state index < -0.39 is 0 Å². The molecule has 0 aliphatic rings. The Morgan fingerprint density at radius 3 is 2.48 bits per heavy atom. The third kappa shape index (κ3) is 3.63. The standard InChI is InChI=1S/C21H22N2O2/c1-4-25-20(24)14-16-6-5-7-19-18(16)12-13-22-21(19)15-8-10-17(11-9-15)23(2)3/h5-13H,4,14H2,1-3H3. The number of hydrogen-bond acceptors (Lipinski definition) is 4. The second-order valence-electron chi connectivity index (χ2n) is 6.09. The summed E-state index contributed by atoms with van der Waals surface area (Å²) in [5.41, 5.74) is 4.09. The molecule has 1 heterocycles. The summed E-state index contributed by atoms with van der Waals surface area (Å²) >= 11 is 0. The molecule has 0 aliphatic carbocycles. The van der Waals surface area contributed by atoms with Gasteiger partial charge in [0.25, 0.3) is 0 Å². The zero-order valence-electron chi connectivity index (χ0n) is 14.8. The summed E-state index contributed by atoms with van der Waals surface area (Å²) in [6, 6.07) is 16.3. The molecule has 0 saturated carbocycles. The third-order valence-electron chi connectivity index (χ3n) is 4.19. The second-order valence-corrected chi connectivity index (χ2v) is 6.09. The van der Waals surface area contributed by atoms with Crippen molar-refractivity contribution in [2.24, 2.45) is 0 Å². The maximum absolute atomic E-state index is 11.9. The van der Waals surface area contributed by atoms with Crippen LogP contribution in [0.25, 0.3) is 22.0 Å². The first kappa shape index (κ1) is 17.0. The number of ether oxygens (including phenoxy) is 1. The summed E-state index contributed by atoms with van der Waals surface area (Å²) in [5.74, 6) is -0.205. The molecule has 4 heteroatoms. The Morgan fingerprint density at radius 2 is 1.80 bits per heavy atom. The Hall–Kier alpha value is -2.88. The number of aromatic nitrogens is 1. The van der Waals surface area contributed by atoms with Crippen LogP contribution in [0.5, 0.6) is 0 Å². The summed E-state index contributed by atoms with van der Waals surface area (Å²) in [6.07, 6.45) is 2.07. The van der Waals surface area contributed by atoms with E-state index in [9.17, 15) is 4.79 Å². The normalized spacial score (nSPS) is 10.7. The molecule has 128 valence electrons. The average Bonchev–Trinajstić information content (AvgIpc) is 2.62. The van der Waals surface area contributed by atoms with Crippen molar-refractivity contribution >= 4 is 22.4 Å². The van der Waals surface area contributed by atoms with Gasteiger partial charge in [-0.15, -0.1) is 0 Å². The molecular weight excluding hydrogens is 312 g/mol. The van der Waals surface area contributed by atoms with Crippen LogP contribution in [0.4, 0.5) is 5.69 Å². The van der Waals surface area contributed by atoms with Crippen LogP contribution >= 0.6 is 0 Å². The van der Waals surface area contributed by atoms with Crippen molar-refractivity contribution in [3.05, 3.63) is 60.3 Å². The van der Waals surface area contributed by atoms with E-state index in [4.69, 9.17) is 4.74 Å². The molecule has 0 radical (unpaired) electrons. The van der Waals surface area contributed by atoms with Gasteiger partial charge in [0.2, 0.25) is 0 Å². The highest BCUT2D eigenvalue weighted by molar-refractivity contribution is 5.97. The van der Waals surface area contributed by atoms with Crippen molar-refractivity contribution in [2.45, 2.75) is 13.3 Å². The maximum Gasteiger partial charge on any atom is 0.310 e. The topological polar surface area (TPSA) is 42.4 Å². The second kappa shape index (κ2) is 7.34. The van der Waals surface area contributed by atoms with E-state index in [1.54, 1.807) is 6.20 Å². The summed E-state index contributed by atoms with van der Waals surface area (Å²) in [4.78, 5) is 18.5. The molecule has 3 rings (SSSR count). The highest BCUT2D eigenvalue weighted by Gasteiger charge is 2.11. The molecule has 0 unspecified atom stereocenters. The first-order chi connectivity index (χ1) is 12.1. The molecule has 0 saturated heterocycles. The smallest absolute Gasteiger partial charge is 0.310 e. The van der Waals surface area contributed by atoms with Crippen molar-refractivity contribution in [3.8, 4) is 11.3 Å². The van der Waals surface area contributed by atoms with Crippen LogP contribution in [0.1, 0.15) is 12.5 Å². The van der Waals surface area contributed by atoms with Crippen molar-refractivity contribution in [2.75, 3.05) is 25.6 Å². The van der Waals surface area contributed by atoms with Crippen molar-refractivity contribution in [3.63, 3.8) is 0 Å². The average molecular weight is 334 g/mol. The number of carbonyl (C=O) groups excluding carboxylic acids is 1.